The van der Waals surface area contributed by atoms with Gasteiger partial charge in [0.25, 0.3) is 5.56 Å². The lowest BCUT2D eigenvalue weighted by molar-refractivity contribution is -0.143. The molecule has 0 N–H and O–H groups in total. The third-order valence-electron chi connectivity index (χ3n) is 6.32. The summed E-state index contributed by atoms with van der Waals surface area (Å²) in [5.41, 5.74) is 0.919. The minimum Gasteiger partial charge on any atom is -0.493 e. The van der Waals surface area contributed by atoms with E-state index < -0.39 is 23.4 Å². The Morgan fingerprint density at radius 2 is 1.95 bits per heavy atom. The number of hydrogen-bond acceptors (Lipinski definition) is 7. The molecule has 1 aliphatic heterocycles. The normalized spacial score (nSPS) is 15.3. The smallest absolute Gasteiger partial charge is 0.338 e. The van der Waals surface area contributed by atoms with Gasteiger partial charge in [0.15, 0.2) is 16.3 Å². The van der Waals surface area contributed by atoms with E-state index in [2.05, 4.69) is 18.8 Å². The van der Waals surface area contributed by atoms with Gasteiger partial charge in [-0.05, 0) is 69.0 Å². The number of methoxy groups -OCH3 is 1. The van der Waals surface area contributed by atoms with Gasteiger partial charge in [-0.25, -0.2) is 14.2 Å². The van der Waals surface area contributed by atoms with Gasteiger partial charge >= 0.3 is 5.97 Å². The molecule has 7 nitrogen and oxygen atoms in total. The molecule has 0 fully saturated rings. The van der Waals surface area contributed by atoms with E-state index >= 15 is 0 Å². The van der Waals surface area contributed by atoms with Gasteiger partial charge in [0.2, 0.25) is 0 Å². The molecule has 1 unspecified atom stereocenters. The third kappa shape index (κ3) is 6.15. The van der Waals surface area contributed by atoms with Gasteiger partial charge in [-0.3, -0.25) is 9.36 Å². The average Bonchev–Trinajstić information content (AvgIpc) is 3.19. The lowest BCUT2D eigenvalue weighted by Gasteiger charge is -2.26. The summed E-state index contributed by atoms with van der Waals surface area (Å²) in [4.78, 5) is 32.1. The van der Waals surface area contributed by atoms with Crippen LogP contribution >= 0.6 is 22.9 Å². The Bertz CT molecular complexity index is 1620. The van der Waals surface area contributed by atoms with Crippen LogP contribution < -0.4 is 24.4 Å². The van der Waals surface area contributed by atoms with Gasteiger partial charge in [-0.2, -0.15) is 0 Å². The summed E-state index contributed by atoms with van der Waals surface area (Å²) in [6, 6.07) is 8.78. The standard InChI is InChI=1S/C30H32ClFN2O5S/c1-16(2)12-13-38-23-11-10-19(14-24(23)37-6)27-26(29(36)39-17(3)4)18(5)33-30-34(27)28(35)25(40-30)15-20-21(31)8-7-9-22(20)32/h7-11,14-17,27H,12-13H2,1-6H3/b25-15-. The lowest BCUT2D eigenvalue weighted by atomic mass is 9.95. The van der Waals surface area contributed by atoms with Crippen LogP contribution in [-0.4, -0.2) is 30.4 Å². The van der Waals surface area contributed by atoms with Crippen LogP contribution in [0.4, 0.5) is 4.39 Å². The van der Waals surface area contributed by atoms with E-state index in [1.54, 1.807) is 45.0 Å². The minimum atomic E-state index is -0.862. The average molecular weight is 587 g/mol. The van der Waals surface area contributed by atoms with E-state index in [0.29, 0.717) is 40.1 Å². The molecule has 2 aromatic carbocycles. The van der Waals surface area contributed by atoms with Crippen LogP contribution in [0.1, 0.15) is 58.2 Å². The molecule has 0 saturated heterocycles. The highest BCUT2D eigenvalue weighted by Gasteiger charge is 2.34. The van der Waals surface area contributed by atoms with Crippen LogP contribution in [-0.2, 0) is 9.53 Å². The molecule has 40 heavy (non-hydrogen) atoms. The zero-order chi connectivity index (χ0) is 29.1. The summed E-state index contributed by atoms with van der Waals surface area (Å²) in [5.74, 6) is 0.371. The fraction of sp³-hybridized carbons (Fsp3) is 0.367. The van der Waals surface area contributed by atoms with E-state index in [4.69, 9.17) is 25.8 Å². The monoisotopic (exact) mass is 586 g/mol. The summed E-state index contributed by atoms with van der Waals surface area (Å²) >= 11 is 7.32. The first-order chi connectivity index (χ1) is 19.0. The highest BCUT2D eigenvalue weighted by atomic mass is 35.5. The molecule has 1 aliphatic rings. The first-order valence-corrected chi connectivity index (χ1v) is 14.2. The quantitative estimate of drug-likeness (QED) is 0.313. The minimum absolute atomic E-state index is 0.103. The van der Waals surface area contributed by atoms with Crippen molar-refractivity contribution < 1.29 is 23.4 Å². The summed E-state index contributed by atoms with van der Waals surface area (Å²) in [5, 5.41) is 0.178. The number of allylic oxidation sites excluding steroid dienone is 1. The second kappa shape index (κ2) is 12.4. The van der Waals surface area contributed by atoms with Gasteiger partial charge in [-0.1, -0.05) is 48.9 Å². The second-order valence-corrected chi connectivity index (χ2v) is 11.5. The number of carbonyl (C=O) groups excluding carboxylic acids is 1. The molecule has 0 spiro atoms. The molecule has 1 atom stereocenters. The van der Waals surface area contributed by atoms with Crippen LogP contribution in [0.5, 0.6) is 11.5 Å². The molecular weight excluding hydrogens is 555 g/mol. The van der Waals surface area contributed by atoms with E-state index in [9.17, 15) is 14.0 Å². The van der Waals surface area contributed by atoms with Crippen molar-refractivity contribution in [2.75, 3.05) is 13.7 Å². The fourth-order valence-corrected chi connectivity index (χ4v) is 5.58. The number of carbonyl (C=O) groups is 1. The first-order valence-electron chi connectivity index (χ1n) is 13.0. The SMILES string of the molecule is COc1cc(C2C(C(=O)OC(C)C)=C(C)N=c3s/c(=C\c4c(F)cccc4Cl)c(=O)n32)ccc1OCCC(C)C. The van der Waals surface area contributed by atoms with Crippen molar-refractivity contribution in [3.05, 3.63) is 89.3 Å². The lowest BCUT2D eigenvalue weighted by Crippen LogP contribution is -2.40. The molecule has 212 valence electrons. The van der Waals surface area contributed by atoms with Crippen molar-refractivity contribution in [1.82, 2.24) is 4.57 Å². The first kappa shape index (κ1) is 29.6. The molecule has 0 bridgehead atoms. The number of ether oxygens (including phenoxy) is 3. The summed E-state index contributed by atoms with van der Waals surface area (Å²) in [7, 11) is 1.53. The number of hydrogen-bond donors (Lipinski definition) is 0. The van der Waals surface area contributed by atoms with Crippen molar-refractivity contribution in [2.24, 2.45) is 10.9 Å². The highest BCUT2D eigenvalue weighted by Crippen LogP contribution is 2.36. The zero-order valence-electron chi connectivity index (χ0n) is 23.3. The number of rotatable bonds is 9. The molecule has 3 aromatic rings. The topological polar surface area (TPSA) is 79.1 Å². The molecule has 4 rings (SSSR count). The van der Waals surface area contributed by atoms with Gasteiger partial charge in [0.05, 0.1) is 46.7 Å². The van der Waals surface area contributed by atoms with Crippen LogP contribution in [0, 0.1) is 11.7 Å². The van der Waals surface area contributed by atoms with Crippen molar-refractivity contribution in [2.45, 2.75) is 53.2 Å². The predicted octanol–water partition coefficient (Wildman–Crippen LogP) is 5.41. The second-order valence-electron chi connectivity index (χ2n) is 10.1. The Labute approximate surface area is 241 Å². The largest absolute Gasteiger partial charge is 0.493 e. The van der Waals surface area contributed by atoms with E-state index in [1.807, 2.05) is 0 Å². The number of nitrogens with zero attached hydrogens (tertiary/aromatic N) is 2. The maximum atomic E-state index is 14.6. The van der Waals surface area contributed by atoms with E-state index in [-0.39, 0.29) is 26.8 Å². The van der Waals surface area contributed by atoms with Gasteiger partial charge in [0.1, 0.15) is 5.82 Å². The number of thiazole rings is 1. The highest BCUT2D eigenvalue weighted by molar-refractivity contribution is 7.07. The number of aromatic nitrogens is 1. The van der Waals surface area contributed by atoms with Gasteiger partial charge in [0, 0.05) is 5.56 Å². The Morgan fingerprint density at radius 3 is 2.60 bits per heavy atom. The summed E-state index contributed by atoms with van der Waals surface area (Å²) in [6.45, 7) is 9.96. The number of fused-ring (bicyclic) bond motifs is 1. The molecule has 0 amide bonds. The molecule has 0 saturated carbocycles. The number of benzene rings is 2. The van der Waals surface area contributed by atoms with E-state index in [0.717, 1.165) is 17.8 Å². The van der Waals surface area contributed by atoms with E-state index in [1.165, 1.54) is 29.9 Å². The van der Waals surface area contributed by atoms with Crippen molar-refractivity contribution in [1.29, 1.82) is 0 Å². The Kier molecular flexibility index (Phi) is 9.15. The maximum Gasteiger partial charge on any atom is 0.338 e. The summed E-state index contributed by atoms with van der Waals surface area (Å²) in [6.07, 6.45) is 1.91. The van der Waals surface area contributed by atoms with Gasteiger partial charge < -0.3 is 14.2 Å². The Hall–Kier alpha value is -3.43. The Morgan fingerprint density at radius 1 is 1.20 bits per heavy atom. The van der Waals surface area contributed by atoms with Crippen LogP contribution in [0.2, 0.25) is 5.02 Å². The van der Waals surface area contributed by atoms with Crippen LogP contribution in [0.15, 0.2) is 57.5 Å². The van der Waals surface area contributed by atoms with Gasteiger partial charge in [-0.15, -0.1) is 0 Å². The van der Waals surface area contributed by atoms with Crippen molar-refractivity contribution in [3.63, 3.8) is 0 Å². The fourth-order valence-electron chi connectivity index (χ4n) is 4.33. The van der Waals surface area contributed by atoms with Crippen molar-refractivity contribution in [3.8, 4) is 11.5 Å². The molecule has 1 aromatic heterocycles. The number of halogens is 2. The van der Waals surface area contributed by atoms with Crippen LogP contribution in [0.25, 0.3) is 6.08 Å². The molecule has 0 radical (unpaired) electrons. The summed E-state index contributed by atoms with van der Waals surface area (Å²) < 4.78 is 33.3. The molecular formula is C30H32ClFN2O5S. The molecule has 2 heterocycles. The maximum absolute atomic E-state index is 14.6. The zero-order valence-corrected chi connectivity index (χ0v) is 24.9. The molecule has 10 heteroatoms. The third-order valence-corrected chi connectivity index (χ3v) is 7.63. The van der Waals surface area contributed by atoms with Crippen LogP contribution in [0.3, 0.4) is 0 Å². The Balaban J connectivity index is 1.90. The number of esters is 1. The molecule has 0 aliphatic carbocycles. The predicted molar refractivity (Wildman–Crippen MR) is 154 cm³/mol. The van der Waals surface area contributed by atoms with Crippen molar-refractivity contribution >= 4 is 35.0 Å².